The Morgan fingerprint density at radius 1 is 1.11 bits per heavy atom. The number of carbonyl (C=O) groups excluding carboxylic acids is 1. The number of likely N-dealkylation sites (tertiary alicyclic amines) is 1. The fraction of sp³-hybridized carbons (Fsp3) is 0.350. The fourth-order valence-electron chi connectivity index (χ4n) is 3.60. The summed E-state index contributed by atoms with van der Waals surface area (Å²) in [6.45, 7) is 1.53. The molecule has 138 valence electrons. The number of piperidine rings is 1. The van der Waals surface area contributed by atoms with Crippen molar-refractivity contribution < 1.29 is 4.79 Å². The first kappa shape index (κ1) is 17.3. The van der Waals surface area contributed by atoms with Crippen molar-refractivity contribution >= 4 is 5.91 Å². The van der Waals surface area contributed by atoms with Gasteiger partial charge in [-0.05, 0) is 37.3 Å². The third-order valence-electron chi connectivity index (χ3n) is 5.13. The van der Waals surface area contributed by atoms with E-state index < -0.39 is 0 Å². The van der Waals surface area contributed by atoms with Gasteiger partial charge in [-0.3, -0.25) is 19.7 Å². The molecule has 0 spiro atoms. The van der Waals surface area contributed by atoms with E-state index in [9.17, 15) is 4.79 Å². The Bertz CT molecular complexity index is 915. The first-order valence-electron chi connectivity index (χ1n) is 9.18. The van der Waals surface area contributed by atoms with Gasteiger partial charge in [0.25, 0.3) is 5.91 Å². The van der Waals surface area contributed by atoms with Gasteiger partial charge in [-0.25, -0.2) is 4.98 Å². The molecule has 3 aromatic heterocycles. The monoisotopic (exact) mass is 362 g/mol. The molecule has 27 heavy (non-hydrogen) atoms. The van der Waals surface area contributed by atoms with Gasteiger partial charge < -0.3 is 9.47 Å². The van der Waals surface area contributed by atoms with E-state index in [-0.39, 0.29) is 5.91 Å². The average molecular weight is 362 g/mol. The lowest BCUT2D eigenvalue weighted by atomic mass is 9.91. The highest BCUT2D eigenvalue weighted by Gasteiger charge is 2.25. The van der Waals surface area contributed by atoms with E-state index in [0.29, 0.717) is 11.5 Å². The van der Waals surface area contributed by atoms with Crippen molar-refractivity contribution in [1.29, 1.82) is 0 Å². The van der Waals surface area contributed by atoms with E-state index in [1.807, 2.05) is 28.8 Å². The highest BCUT2D eigenvalue weighted by molar-refractivity contribution is 5.93. The number of amides is 1. The predicted molar refractivity (Wildman–Crippen MR) is 101 cm³/mol. The summed E-state index contributed by atoms with van der Waals surface area (Å²) in [6.07, 6.45) is 13.2. The number of hydrogen-bond donors (Lipinski definition) is 0. The number of pyridine rings is 1. The minimum absolute atomic E-state index is 0.0663. The maximum Gasteiger partial charge on any atom is 0.255 e. The van der Waals surface area contributed by atoms with E-state index >= 15 is 0 Å². The zero-order chi connectivity index (χ0) is 18.6. The van der Waals surface area contributed by atoms with E-state index in [0.717, 1.165) is 49.4 Å². The maximum atomic E-state index is 12.6. The molecule has 0 aromatic carbocycles. The molecule has 0 saturated carbocycles. The van der Waals surface area contributed by atoms with E-state index in [2.05, 4.69) is 19.9 Å². The first-order valence-corrected chi connectivity index (χ1v) is 9.18. The molecule has 7 heteroatoms. The Morgan fingerprint density at radius 3 is 2.63 bits per heavy atom. The molecule has 1 aliphatic heterocycles. The summed E-state index contributed by atoms with van der Waals surface area (Å²) in [4.78, 5) is 31.8. The van der Waals surface area contributed by atoms with Gasteiger partial charge in [0.05, 0.1) is 29.5 Å². The lowest BCUT2D eigenvalue weighted by Crippen LogP contribution is -2.39. The molecule has 4 rings (SSSR count). The zero-order valence-corrected chi connectivity index (χ0v) is 15.3. The van der Waals surface area contributed by atoms with Gasteiger partial charge in [0, 0.05) is 44.9 Å². The molecule has 0 N–H and O–H groups in total. The van der Waals surface area contributed by atoms with Gasteiger partial charge in [0.15, 0.2) is 0 Å². The van der Waals surface area contributed by atoms with Crippen LogP contribution < -0.4 is 0 Å². The molecule has 1 aliphatic rings. The van der Waals surface area contributed by atoms with Crippen LogP contribution in [0.5, 0.6) is 0 Å². The van der Waals surface area contributed by atoms with Crippen LogP contribution in [-0.4, -0.2) is 48.4 Å². The molecule has 1 amide bonds. The van der Waals surface area contributed by atoms with Crippen molar-refractivity contribution in [1.82, 2.24) is 29.4 Å². The summed E-state index contributed by atoms with van der Waals surface area (Å²) in [5, 5.41) is 0. The largest absolute Gasteiger partial charge is 0.339 e. The van der Waals surface area contributed by atoms with Crippen molar-refractivity contribution in [2.24, 2.45) is 13.0 Å². The SMILES string of the molecule is Cn1cncc1-c1nccnc1CC1CCN(C(=O)c2cccnc2)CC1. The van der Waals surface area contributed by atoms with Crippen molar-refractivity contribution in [2.45, 2.75) is 19.3 Å². The number of aromatic nitrogens is 5. The Balaban J connectivity index is 1.42. The van der Waals surface area contributed by atoms with Crippen LogP contribution in [0.3, 0.4) is 0 Å². The zero-order valence-electron chi connectivity index (χ0n) is 15.3. The van der Waals surface area contributed by atoms with Crippen LogP contribution in [0, 0.1) is 5.92 Å². The van der Waals surface area contributed by atoms with Crippen LogP contribution in [0.15, 0.2) is 49.4 Å². The smallest absolute Gasteiger partial charge is 0.255 e. The predicted octanol–water partition coefficient (Wildman–Crippen LogP) is 2.37. The first-order chi connectivity index (χ1) is 13.2. The van der Waals surface area contributed by atoms with Crippen LogP contribution in [0.4, 0.5) is 0 Å². The number of nitrogens with zero attached hydrogens (tertiary/aromatic N) is 6. The Kier molecular flexibility index (Phi) is 4.91. The summed E-state index contributed by atoms with van der Waals surface area (Å²) in [7, 11) is 1.96. The minimum atomic E-state index is 0.0663. The molecule has 0 bridgehead atoms. The highest BCUT2D eigenvalue weighted by atomic mass is 16.2. The van der Waals surface area contributed by atoms with Crippen LogP contribution >= 0.6 is 0 Å². The maximum absolute atomic E-state index is 12.6. The molecule has 0 radical (unpaired) electrons. The second-order valence-corrected chi connectivity index (χ2v) is 6.92. The summed E-state index contributed by atoms with van der Waals surface area (Å²) in [6, 6.07) is 3.62. The summed E-state index contributed by atoms with van der Waals surface area (Å²) in [5.74, 6) is 0.559. The average Bonchev–Trinajstić information content (AvgIpc) is 3.15. The molecule has 1 fully saturated rings. The third kappa shape index (κ3) is 3.72. The quantitative estimate of drug-likeness (QED) is 0.712. The van der Waals surface area contributed by atoms with Crippen molar-refractivity contribution in [3.8, 4) is 11.4 Å². The molecule has 0 unspecified atom stereocenters. The summed E-state index contributed by atoms with van der Waals surface area (Å²) < 4.78 is 1.96. The Morgan fingerprint density at radius 2 is 1.93 bits per heavy atom. The van der Waals surface area contributed by atoms with Gasteiger partial charge in [-0.1, -0.05) is 0 Å². The van der Waals surface area contributed by atoms with Gasteiger partial charge in [-0.15, -0.1) is 0 Å². The number of imidazole rings is 1. The number of aryl methyl sites for hydroxylation is 1. The standard InChI is InChI=1S/C20H22N6O/c1-25-14-22-13-18(25)19-17(23-7-8-24-19)11-15-4-9-26(10-5-15)20(27)16-3-2-6-21-12-16/h2-3,6-8,12-15H,4-5,9-11H2,1H3. The van der Waals surface area contributed by atoms with E-state index in [4.69, 9.17) is 0 Å². The van der Waals surface area contributed by atoms with Gasteiger partial charge in [0.2, 0.25) is 0 Å². The van der Waals surface area contributed by atoms with Gasteiger partial charge in [-0.2, -0.15) is 0 Å². The van der Waals surface area contributed by atoms with Crippen LogP contribution in [0.2, 0.25) is 0 Å². The molecular weight excluding hydrogens is 340 g/mol. The second-order valence-electron chi connectivity index (χ2n) is 6.92. The van der Waals surface area contributed by atoms with Crippen LogP contribution in [0.1, 0.15) is 28.9 Å². The van der Waals surface area contributed by atoms with Gasteiger partial charge >= 0.3 is 0 Å². The fourth-order valence-corrected chi connectivity index (χ4v) is 3.60. The van der Waals surface area contributed by atoms with E-state index in [1.54, 1.807) is 37.2 Å². The normalized spacial score (nSPS) is 15.1. The van der Waals surface area contributed by atoms with Crippen LogP contribution in [-0.2, 0) is 13.5 Å². The topological polar surface area (TPSA) is 76.8 Å². The number of carbonyl (C=O) groups is 1. The molecule has 1 saturated heterocycles. The van der Waals surface area contributed by atoms with E-state index in [1.165, 1.54) is 0 Å². The Hall–Kier alpha value is -3.09. The van der Waals surface area contributed by atoms with Crippen molar-refractivity contribution in [2.75, 3.05) is 13.1 Å². The highest BCUT2D eigenvalue weighted by Crippen LogP contribution is 2.26. The Labute approximate surface area is 158 Å². The van der Waals surface area contributed by atoms with Crippen molar-refractivity contribution in [3.63, 3.8) is 0 Å². The summed E-state index contributed by atoms with van der Waals surface area (Å²) >= 11 is 0. The molecule has 3 aromatic rings. The minimum Gasteiger partial charge on any atom is -0.339 e. The lowest BCUT2D eigenvalue weighted by molar-refractivity contribution is 0.0690. The molecular formula is C20H22N6O. The van der Waals surface area contributed by atoms with Crippen molar-refractivity contribution in [3.05, 3.63) is 60.7 Å². The number of hydrogen-bond acceptors (Lipinski definition) is 5. The molecule has 7 nitrogen and oxygen atoms in total. The van der Waals surface area contributed by atoms with Crippen LogP contribution in [0.25, 0.3) is 11.4 Å². The molecule has 4 heterocycles. The molecule has 0 aliphatic carbocycles. The van der Waals surface area contributed by atoms with Gasteiger partial charge in [0.1, 0.15) is 5.69 Å². The summed E-state index contributed by atoms with van der Waals surface area (Å²) in [5.41, 5.74) is 3.52. The molecule has 0 atom stereocenters. The number of rotatable bonds is 4. The second kappa shape index (κ2) is 7.65. The third-order valence-corrected chi connectivity index (χ3v) is 5.13. The lowest BCUT2D eigenvalue weighted by Gasteiger charge is -2.32.